The molecule has 0 N–H and O–H groups in total. The van der Waals surface area contributed by atoms with Crippen LogP contribution in [-0.2, 0) is 6.54 Å². The molecule has 0 atom stereocenters. The lowest BCUT2D eigenvalue weighted by Gasteiger charge is -2.00. The van der Waals surface area contributed by atoms with Crippen LogP contribution >= 0.6 is 0 Å². The molecule has 0 aromatic carbocycles. The second-order valence-corrected chi connectivity index (χ2v) is 1.96. The van der Waals surface area contributed by atoms with Crippen molar-refractivity contribution >= 4 is 0 Å². The first kappa shape index (κ1) is 7.84. The molecule has 0 aliphatic rings. The van der Waals surface area contributed by atoms with Crippen LogP contribution in [0.1, 0.15) is 0 Å². The van der Waals surface area contributed by atoms with Gasteiger partial charge in [-0.15, -0.1) is 0 Å². The zero-order chi connectivity index (χ0) is 8.27. The molecule has 0 saturated carbocycles. The first-order valence-corrected chi connectivity index (χ1v) is 2.99. The molecule has 5 heteroatoms. The van der Waals surface area contributed by atoms with Gasteiger partial charge in [-0.3, -0.25) is 9.36 Å². The van der Waals surface area contributed by atoms with Crippen LogP contribution in [0.2, 0.25) is 0 Å². The van der Waals surface area contributed by atoms with Crippen molar-refractivity contribution in [1.82, 2.24) is 9.55 Å². The van der Waals surface area contributed by atoms with Crippen molar-refractivity contribution in [2.24, 2.45) is 0 Å². The molecule has 0 unspecified atom stereocenters. The zero-order valence-electron chi connectivity index (χ0n) is 5.58. The predicted octanol–water partition coefficient (Wildman–Crippen LogP) is 0.508. The maximum Gasteiger partial charge on any atom is 0.256 e. The van der Waals surface area contributed by atoms with E-state index in [1.165, 1.54) is 6.20 Å². The summed E-state index contributed by atoms with van der Waals surface area (Å²) in [4.78, 5) is 14.3. The minimum Gasteiger partial charge on any atom is -0.294 e. The largest absolute Gasteiger partial charge is 0.294 e. The van der Waals surface area contributed by atoms with Crippen molar-refractivity contribution in [1.29, 1.82) is 0 Å². The molecule has 11 heavy (non-hydrogen) atoms. The van der Waals surface area contributed by atoms with Crippen molar-refractivity contribution in [3.05, 3.63) is 28.9 Å². The Hall–Kier alpha value is -1.26. The average molecular weight is 160 g/mol. The smallest absolute Gasteiger partial charge is 0.256 e. The number of aromatic nitrogens is 2. The molecule has 1 aromatic heterocycles. The summed E-state index contributed by atoms with van der Waals surface area (Å²) in [6, 6.07) is 1.14. The number of rotatable bonds is 2. The topological polar surface area (TPSA) is 34.9 Å². The van der Waals surface area contributed by atoms with Crippen LogP contribution in [0.3, 0.4) is 0 Å². The standard InChI is InChI=1S/C6H6F2N2O/c7-5(8)3-10-4-9-2-1-6(10)11/h1-2,4-5H,3H2. The van der Waals surface area contributed by atoms with Gasteiger partial charge in [-0.05, 0) is 0 Å². The molecule has 0 saturated heterocycles. The van der Waals surface area contributed by atoms with Gasteiger partial charge in [0.2, 0.25) is 0 Å². The number of halogens is 2. The van der Waals surface area contributed by atoms with Crippen LogP contribution in [-0.4, -0.2) is 16.0 Å². The van der Waals surface area contributed by atoms with Crippen LogP contribution in [0.4, 0.5) is 8.78 Å². The van der Waals surface area contributed by atoms with Gasteiger partial charge in [0.25, 0.3) is 12.0 Å². The van der Waals surface area contributed by atoms with E-state index >= 15 is 0 Å². The Morgan fingerprint density at radius 3 is 2.91 bits per heavy atom. The van der Waals surface area contributed by atoms with E-state index in [0.29, 0.717) is 0 Å². The van der Waals surface area contributed by atoms with Gasteiger partial charge < -0.3 is 0 Å². The lowest BCUT2D eigenvalue weighted by molar-refractivity contribution is 0.125. The Morgan fingerprint density at radius 1 is 1.64 bits per heavy atom. The minimum absolute atomic E-state index is 0.458. The molecule has 1 rings (SSSR count). The second-order valence-electron chi connectivity index (χ2n) is 1.96. The van der Waals surface area contributed by atoms with Gasteiger partial charge in [0, 0.05) is 12.3 Å². The molecular formula is C6H6F2N2O. The third kappa shape index (κ3) is 2.10. The number of alkyl halides is 2. The molecule has 0 fully saturated rings. The van der Waals surface area contributed by atoms with Crippen LogP contribution in [0.5, 0.6) is 0 Å². The normalized spacial score (nSPS) is 10.5. The molecule has 0 aliphatic carbocycles. The summed E-state index contributed by atoms with van der Waals surface area (Å²) in [6.07, 6.45) is -0.157. The quantitative estimate of drug-likeness (QED) is 0.631. The molecule has 1 heterocycles. The van der Waals surface area contributed by atoms with Gasteiger partial charge in [0.1, 0.15) is 0 Å². The molecule has 60 valence electrons. The van der Waals surface area contributed by atoms with E-state index in [4.69, 9.17) is 0 Å². The Labute approximate surface area is 61.3 Å². The average Bonchev–Trinajstić information content (AvgIpc) is 1.93. The Morgan fingerprint density at radius 2 is 2.36 bits per heavy atom. The van der Waals surface area contributed by atoms with Crippen molar-refractivity contribution in [3.63, 3.8) is 0 Å². The highest BCUT2D eigenvalue weighted by Gasteiger charge is 2.03. The van der Waals surface area contributed by atoms with Crippen LogP contribution in [0, 0.1) is 0 Å². The first-order chi connectivity index (χ1) is 5.20. The Kier molecular flexibility index (Phi) is 2.30. The molecule has 1 aromatic rings. The fraction of sp³-hybridized carbons (Fsp3) is 0.333. The highest BCUT2D eigenvalue weighted by atomic mass is 19.3. The number of hydrogen-bond acceptors (Lipinski definition) is 2. The van der Waals surface area contributed by atoms with Gasteiger partial charge in [-0.2, -0.15) is 0 Å². The van der Waals surface area contributed by atoms with E-state index in [2.05, 4.69) is 4.98 Å². The van der Waals surface area contributed by atoms with E-state index in [9.17, 15) is 13.6 Å². The fourth-order valence-electron chi connectivity index (χ4n) is 0.664. The highest BCUT2D eigenvalue weighted by molar-refractivity contribution is 4.81. The molecule has 3 nitrogen and oxygen atoms in total. The molecule has 0 amide bonds. The maximum atomic E-state index is 11.7. The Bertz CT molecular complexity index is 284. The first-order valence-electron chi connectivity index (χ1n) is 2.99. The fourth-order valence-corrected chi connectivity index (χ4v) is 0.664. The number of nitrogens with zero attached hydrogens (tertiary/aromatic N) is 2. The third-order valence-corrected chi connectivity index (χ3v) is 1.13. The minimum atomic E-state index is -2.52. The van der Waals surface area contributed by atoms with Crippen molar-refractivity contribution in [3.8, 4) is 0 Å². The summed E-state index contributed by atoms with van der Waals surface area (Å²) in [5, 5.41) is 0. The van der Waals surface area contributed by atoms with Gasteiger partial charge in [0.15, 0.2) is 0 Å². The lowest BCUT2D eigenvalue weighted by atomic mass is 10.6. The summed E-state index contributed by atoms with van der Waals surface area (Å²) in [5.41, 5.74) is -0.458. The maximum absolute atomic E-state index is 11.7. The van der Waals surface area contributed by atoms with Crippen LogP contribution in [0.15, 0.2) is 23.4 Å². The molecular weight excluding hydrogens is 154 g/mol. The van der Waals surface area contributed by atoms with E-state index in [-0.39, 0.29) is 0 Å². The van der Waals surface area contributed by atoms with Gasteiger partial charge >= 0.3 is 0 Å². The zero-order valence-corrected chi connectivity index (χ0v) is 5.58. The molecule has 0 spiro atoms. The monoisotopic (exact) mass is 160 g/mol. The van der Waals surface area contributed by atoms with E-state index in [1.807, 2.05) is 0 Å². The highest BCUT2D eigenvalue weighted by Crippen LogP contribution is 1.93. The summed E-state index contributed by atoms with van der Waals surface area (Å²) >= 11 is 0. The predicted molar refractivity (Wildman–Crippen MR) is 34.5 cm³/mol. The molecule has 0 aliphatic heterocycles. The van der Waals surface area contributed by atoms with Gasteiger partial charge in [-0.25, -0.2) is 13.8 Å². The summed E-state index contributed by atoms with van der Waals surface area (Å²) in [7, 11) is 0. The SMILES string of the molecule is O=c1ccncn1CC(F)F. The number of hydrogen-bond donors (Lipinski definition) is 0. The summed E-state index contributed by atoms with van der Waals surface area (Å²) < 4.78 is 24.3. The Balaban J connectivity index is 2.87. The summed E-state index contributed by atoms with van der Waals surface area (Å²) in [5.74, 6) is 0. The lowest BCUT2D eigenvalue weighted by Crippen LogP contribution is -2.22. The molecule has 0 radical (unpaired) electrons. The molecule has 0 bridgehead atoms. The van der Waals surface area contributed by atoms with Crippen molar-refractivity contribution in [2.75, 3.05) is 0 Å². The van der Waals surface area contributed by atoms with Gasteiger partial charge in [-0.1, -0.05) is 0 Å². The third-order valence-electron chi connectivity index (χ3n) is 1.13. The summed E-state index contributed by atoms with van der Waals surface area (Å²) in [6.45, 7) is -0.591. The van der Waals surface area contributed by atoms with Crippen molar-refractivity contribution < 1.29 is 8.78 Å². The van der Waals surface area contributed by atoms with Gasteiger partial charge in [0.05, 0.1) is 12.9 Å². The van der Waals surface area contributed by atoms with Crippen LogP contribution < -0.4 is 5.56 Å². The second kappa shape index (κ2) is 3.23. The van der Waals surface area contributed by atoms with E-state index in [0.717, 1.165) is 17.0 Å². The van der Waals surface area contributed by atoms with Crippen LogP contribution in [0.25, 0.3) is 0 Å². The van der Waals surface area contributed by atoms with E-state index < -0.39 is 18.5 Å². The van der Waals surface area contributed by atoms with E-state index in [1.54, 1.807) is 0 Å². The van der Waals surface area contributed by atoms with Crippen molar-refractivity contribution in [2.45, 2.75) is 13.0 Å².